The number of halogens is 2. The maximum Gasteiger partial charge on any atom is 0.120 e. The van der Waals surface area contributed by atoms with Gasteiger partial charge in [0.15, 0.2) is 0 Å². The lowest BCUT2D eigenvalue weighted by Crippen LogP contribution is -2.07. The van der Waals surface area contributed by atoms with Crippen LogP contribution < -0.4 is 4.74 Å². The van der Waals surface area contributed by atoms with Crippen LogP contribution in [0.3, 0.4) is 0 Å². The molecule has 0 radical (unpaired) electrons. The lowest BCUT2D eigenvalue weighted by molar-refractivity contribution is 0.216. The summed E-state index contributed by atoms with van der Waals surface area (Å²) in [7, 11) is 0. The molecule has 1 atom stereocenters. The molecule has 0 aromatic heterocycles. The van der Waals surface area contributed by atoms with E-state index in [-0.39, 0.29) is 6.10 Å². The number of aliphatic hydroxyl groups is 1. The topological polar surface area (TPSA) is 29.5 Å². The summed E-state index contributed by atoms with van der Waals surface area (Å²) < 4.78 is 6.41. The van der Waals surface area contributed by atoms with Crippen molar-refractivity contribution in [1.29, 1.82) is 0 Å². The highest BCUT2D eigenvalue weighted by atomic mass is 79.9. The normalized spacial score (nSPS) is 12.5. The zero-order valence-corrected chi connectivity index (χ0v) is 13.6. The molecule has 4 heteroatoms. The number of rotatable bonds is 4. The molecule has 0 fully saturated rings. The zero-order chi connectivity index (χ0) is 14.7. The predicted octanol–water partition coefficient (Wildman–Crippen LogP) is 4.97. The monoisotopic (exact) mass is 354 g/mol. The molecular formula is C16H16BrClO2. The number of ether oxygens (including phenoxy) is 1. The van der Waals surface area contributed by atoms with Crippen LogP contribution in [-0.2, 0) is 0 Å². The van der Waals surface area contributed by atoms with Gasteiger partial charge in [0, 0.05) is 10.0 Å². The summed E-state index contributed by atoms with van der Waals surface area (Å²) in [4.78, 5) is 0. The summed E-state index contributed by atoms with van der Waals surface area (Å²) in [5.41, 5.74) is 1.42. The Morgan fingerprint density at radius 3 is 2.55 bits per heavy atom. The van der Waals surface area contributed by atoms with Crippen molar-refractivity contribution in [3.05, 3.63) is 63.1 Å². The molecule has 0 bridgehead atoms. The fourth-order valence-electron chi connectivity index (χ4n) is 1.94. The van der Waals surface area contributed by atoms with Crippen molar-refractivity contribution in [2.45, 2.75) is 26.1 Å². The van der Waals surface area contributed by atoms with Gasteiger partial charge in [-0.05, 0) is 53.5 Å². The van der Waals surface area contributed by atoms with Gasteiger partial charge in [0.25, 0.3) is 0 Å². The highest BCUT2D eigenvalue weighted by Crippen LogP contribution is 2.34. The number of hydrogen-bond donors (Lipinski definition) is 1. The number of hydrogen-bond acceptors (Lipinski definition) is 2. The van der Waals surface area contributed by atoms with Crippen molar-refractivity contribution in [3.63, 3.8) is 0 Å². The second-order valence-electron chi connectivity index (χ2n) is 4.78. The van der Waals surface area contributed by atoms with Gasteiger partial charge in [-0.2, -0.15) is 0 Å². The Morgan fingerprint density at radius 1 is 1.15 bits per heavy atom. The molecule has 0 amide bonds. The Labute approximate surface area is 132 Å². The van der Waals surface area contributed by atoms with E-state index in [2.05, 4.69) is 15.9 Å². The third-order valence-corrected chi connectivity index (χ3v) is 4.13. The Bertz CT molecular complexity index is 599. The van der Waals surface area contributed by atoms with E-state index in [1.807, 2.05) is 56.3 Å². The highest BCUT2D eigenvalue weighted by Gasteiger charge is 2.16. The molecule has 2 nitrogen and oxygen atoms in total. The Balaban J connectivity index is 2.33. The van der Waals surface area contributed by atoms with Crippen LogP contribution in [0.1, 0.15) is 31.1 Å². The zero-order valence-electron chi connectivity index (χ0n) is 11.3. The Hall–Kier alpha value is -1.03. The fraction of sp³-hybridized carbons (Fsp3) is 0.250. The summed E-state index contributed by atoms with van der Waals surface area (Å²) in [6, 6.07) is 12.9. The van der Waals surface area contributed by atoms with Gasteiger partial charge >= 0.3 is 0 Å². The van der Waals surface area contributed by atoms with E-state index in [1.54, 1.807) is 0 Å². The van der Waals surface area contributed by atoms with E-state index < -0.39 is 6.10 Å². The molecule has 0 aliphatic heterocycles. The van der Waals surface area contributed by atoms with Crippen molar-refractivity contribution in [2.24, 2.45) is 0 Å². The lowest BCUT2D eigenvalue weighted by Gasteiger charge is -2.16. The Kier molecular flexibility index (Phi) is 5.08. The smallest absolute Gasteiger partial charge is 0.120 e. The van der Waals surface area contributed by atoms with Gasteiger partial charge in [0.2, 0.25) is 0 Å². The first-order valence-electron chi connectivity index (χ1n) is 6.37. The van der Waals surface area contributed by atoms with E-state index in [0.29, 0.717) is 10.6 Å². The fourth-order valence-corrected chi connectivity index (χ4v) is 2.55. The standard InChI is InChI=1S/C16H16BrClO2/c1-10(2)20-12-6-3-5-11(9-12)16(19)13-7-4-8-14(17)15(13)18/h3-10,16,19H,1-2H3. The van der Waals surface area contributed by atoms with E-state index >= 15 is 0 Å². The molecule has 0 saturated carbocycles. The summed E-state index contributed by atoms with van der Waals surface area (Å²) >= 11 is 9.59. The van der Waals surface area contributed by atoms with Crippen LogP contribution in [-0.4, -0.2) is 11.2 Å². The summed E-state index contributed by atoms with van der Waals surface area (Å²) in [6.45, 7) is 3.93. The number of benzene rings is 2. The van der Waals surface area contributed by atoms with Crippen molar-refractivity contribution >= 4 is 27.5 Å². The summed E-state index contributed by atoms with van der Waals surface area (Å²) in [5.74, 6) is 0.739. The van der Waals surface area contributed by atoms with E-state index in [9.17, 15) is 5.11 Å². The minimum atomic E-state index is -0.782. The van der Waals surface area contributed by atoms with Crippen molar-refractivity contribution < 1.29 is 9.84 Å². The van der Waals surface area contributed by atoms with Crippen LogP contribution >= 0.6 is 27.5 Å². The summed E-state index contributed by atoms with van der Waals surface area (Å²) in [6.07, 6.45) is -0.687. The molecule has 106 valence electrons. The van der Waals surface area contributed by atoms with Crippen LogP contribution in [0.2, 0.25) is 5.02 Å². The van der Waals surface area contributed by atoms with Gasteiger partial charge < -0.3 is 9.84 Å². The Morgan fingerprint density at radius 2 is 1.85 bits per heavy atom. The van der Waals surface area contributed by atoms with Gasteiger partial charge in [-0.25, -0.2) is 0 Å². The quantitative estimate of drug-likeness (QED) is 0.839. The molecule has 20 heavy (non-hydrogen) atoms. The molecule has 1 N–H and O–H groups in total. The maximum atomic E-state index is 10.5. The first kappa shape index (κ1) is 15.4. The van der Waals surface area contributed by atoms with E-state index in [1.165, 1.54) is 0 Å². The van der Waals surface area contributed by atoms with Crippen molar-refractivity contribution in [2.75, 3.05) is 0 Å². The van der Waals surface area contributed by atoms with Crippen LogP contribution in [0, 0.1) is 0 Å². The average Bonchev–Trinajstić information content (AvgIpc) is 2.41. The van der Waals surface area contributed by atoms with E-state index in [4.69, 9.17) is 16.3 Å². The van der Waals surface area contributed by atoms with Crippen LogP contribution in [0.25, 0.3) is 0 Å². The second kappa shape index (κ2) is 6.61. The molecule has 1 unspecified atom stereocenters. The molecule has 0 heterocycles. The predicted molar refractivity (Wildman–Crippen MR) is 85.4 cm³/mol. The van der Waals surface area contributed by atoms with Crippen LogP contribution in [0.5, 0.6) is 5.75 Å². The maximum absolute atomic E-state index is 10.5. The van der Waals surface area contributed by atoms with Gasteiger partial charge in [-0.15, -0.1) is 0 Å². The van der Waals surface area contributed by atoms with Gasteiger partial charge in [-0.1, -0.05) is 35.9 Å². The van der Waals surface area contributed by atoms with Gasteiger partial charge in [-0.3, -0.25) is 0 Å². The van der Waals surface area contributed by atoms with Gasteiger partial charge in [0.1, 0.15) is 11.9 Å². The molecule has 0 aliphatic rings. The molecule has 2 rings (SSSR count). The minimum Gasteiger partial charge on any atom is -0.491 e. The third kappa shape index (κ3) is 3.54. The highest BCUT2D eigenvalue weighted by molar-refractivity contribution is 9.10. The second-order valence-corrected chi connectivity index (χ2v) is 6.02. The van der Waals surface area contributed by atoms with Crippen LogP contribution in [0.4, 0.5) is 0 Å². The first-order valence-corrected chi connectivity index (χ1v) is 7.54. The van der Waals surface area contributed by atoms with E-state index in [0.717, 1.165) is 15.8 Å². The lowest BCUT2D eigenvalue weighted by atomic mass is 10.0. The molecule has 0 saturated heterocycles. The SMILES string of the molecule is CC(C)Oc1cccc(C(O)c2cccc(Br)c2Cl)c1. The largest absolute Gasteiger partial charge is 0.491 e. The molecule has 2 aromatic carbocycles. The average molecular weight is 356 g/mol. The third-order valence-electron chi connectivity index (χ3n) is 2.82. The molecule has 0 spiro atoms. The van der Waals surface area contributed by atoms with Crippen molar-refractivity contribution in [1.82, 2.24) is 0 Å². The molecule has 2 aromatic rings. The molecule has 0 aliphatic carbocycles. The van der Waals surface area contributed by atoms with Gasteiger partial charge in [0.05, 0.1) is 11.1 Å². The number of aliphatic hydroxyl groups excluding tert-OH is 1. The molecular weight excluding hydrogens is 340 g/mol. The summed E-state index contributed by atoms with van der Waals surface area (Å²) in [5, 5.41) is 11.0. The van der Waals surface area contributed by atoms with Crippen LogP contribution in [0.15, 0.2) is 46.9 Å². The van der Waals surface area contributed by atoms with Crippen molar-refractivity contribution in [3.8, 4) is 5.75 Å². The minimum absolute atomic E-state index is 0.0943. The first-order chi connectivity index (χ1) is 9.49.